The zero-order valence-corrected chi connectivity index (χ0v) is 20.2. The SMILES string of the molecule is CC1CC(C)(C)N(C)c2cc(Cl)c(/C=C3\SC(=O)N(Cc4ccc(Cl)cc4)C3=O)cc21. The van der Waals surface area contributed by atoms with Gasteiger partial charge in [0.25, 0.3) is 11.1 Å². The molecule has 2 aliphatic rings. The van der Waals surface area contributed by atoms with Gasteiger partial charge in [0.1, 0.15) is 0 Å². The second-order valence-electron chi connectivity index (χ2n) is 8.80. The van der Waals surface area contributed by atoms with E-state index >= 15 is 0 Å². The largest absolute Gasteiger partial charge is 0.369 e. The summed E-state index contributed by atoms with van der Waals surface area (Å²) in [5.74, 6) is 0.0654. The maximum atomic E-state index is 12.9. The Hall–Kier alpha value is -1.95. The summed E-state index contributed by atoms with van der Waals surface area (Å²) in [6.07, 6.45) is 2.76. The predicted octanol–water partition coefficient (Wildman–Crippen LogP) is 6.95. The molecule has 0 spiro atoms. The van der Waals surface area contributed by atoms with Gasteiger partial charge in [-0.3, -0.25) is 14.5 Å². The Morgan fingerprint density at radius 2 is 1.84 bits per heavy atom. The van der Waals surface area contributed by atoms with Crippen molar-refractivity contribution in [2.75, 3.05) is 11.9 Å². The zero-order valence-electron chi connectivity index (χ0n) is 17.9. The molecule has 4 nitrogen and oxygen atoms in total. The Bertz CT molecular complexity index is 1100. The lowest BCUT2D eigenvalue weighted by Gasteiger charge is -2.45. The Labute approximate surface area is 197 Å². The topological polar surface area (TPSA) is 40.6 Å². The van der Waals surface area contributed by atoms with Crippen LogP contribution in [0, 0.1) is 0 Å². The lowest BCUT2D eigenvalue weighted by Crippen LogP contribution is -2.45. The quantitative estimate of drug-likeness (QED) is 0.451. The molecule has 0 aliphatic carbocycles. The van der Waals surface area contributed by atoms with Gasteiger partial charge in [0.15, 0.2) is 0 Å². The van der Waals surface area contributed by atoms with Gasteiger partial charge in [-0.15, -0.1) is 0 Å². The average Bonchev–Trinajstić information content (AvgIpc) is 2.96. The number of thioether (sulfide) groups is 1. The van der Waals surface area contributed by atoms with Crippen molar-refractivity contribution in [1.82, 2.24) is 4.90 Å². The first-order chi connectivity index (χ1) is 14.6. The molecule has 0 bridgehead atoms. The second-order valence-corrected chi connectivity index (χ2v) is 10.6. The molecule has 0 N–H and O–H groups in total. The van der Waals surface area contributed by atoms with Crippen LogP contribution in [-0.4, -0.2) is 28.6 Å². The number of imide groups is 1. The van der Waals surface area contributed by atoms with Crippen molar-refractivity contribution in [3.8, 4) is 0 Å². The van der Waals surface area contributed by atoms with E-state index in [2.05, 4.69) is 38.8 Å². The highest BCUT2D eigenvalue weighted by Crippen LogP contribution is 2.45. The summed E-state index contributed by atoms with van der Waals surface area (Å²) in [6, 6.07) is 11.2. The highest BCUT2D eigenvalue weighted by molar-refractivity contribution is 8.18. The van der Waals surface area contributed by atoms with Crippen LogP contribution in [0.5, 0.6) is 0 Å². The first-order valence-corrected chi connectivity index (χ1v) is 11.7. The van der Waals surface area contributed by atoms with Crippen LogP contribution in [0.2, 0.25) is 10.0 Å². The fraction of sp³-hybridized carbons (Fsp3) is 0.333. The molecule has 2 aromatic rings. The van der Waals surface area contributed by atoms with E-state index in [1.807, 2.05) is 18.2 Å². The van der Waals surface area contributed by atoms with E-state index in [1.165, 1.54) is 10.5 Å². The van der Waals surface area contributed by atoms with Crippen molar-refractivity contribution in [3.63, 3.8) is 0 Å². The van der Waals surface area contributed by atoms with Crippen molar-refractivity contribution < 1.29 is 9.59 Å². The molecule has 31 heavy (non-hydrogen) atoms. The minimum absolute atomic E-state index is 0.0432. The average molecular weight is 475 g/mol. The van der Waals surface area contributed by atoms with Crippen LogP contribution in [0.25, 0.3) is 6.08 Å². The summed E-state index contributed by atoms with van der Waals surface area (Å²) in [6.45, 7) is 6.88. The molecule has 1 unspecified atom stereocenters. The number of anilines is 1. The number of hydrogen-bond donors (Lipinski definition) is 0. The lowest BCUT2D eigenvalue weighted by atomic mass is 9.80. The normalized spacial score (nSPS) is 21.7. The maximum Gasteiger partial charge on any atom is 0.293 e. The fourth-order valence-electron chi connectivity index (χ4n) is 4.27. The van der Waals surface area contributed by atoms with Crippen LogP contribution in [-0.2, 0) is 11.3 Å². The lowest BCUT2D eigenvalue weighted by molar-refractivity contribution is -0.123. The molecule has 1 fully saturated rings. The maximum absolute atomic E-state index is 12.9. The molecule has 1 saturated heterocycles. The van der Waals surface area contributed by atoms with E-state index in [1.54, 1.807) is 18.2 Å². The predicted molar refractivity (Wildman–Crippen MR) is 130 cm³/mol. The molecule has 4 rings (SSSR count). The zero-order chi connectivity index (χ0) is 22.5. The minimum atomic E-state index is -0.301. The third-order valence-electron chi connectivity index (χ3n) is 6.17. The molecule has 1 atom stereocenters. The first kappa shape index (κ1) is 22.3. The van der Waals surface area contributed by atoms with E-state index < -0.39 is 0 Å². The summed E-state index contributed by atoms with van der Waals surface area (Å²) < 4.78 is 0. The standard InChI is InChI=1S/C24H24Cl2N2O2S/c1-14-12-24(2,3)27(4)20-11-19(26)16(9-18(14)20)10-21-22(29)28(23(30)31-21)13-15-5-7-17(25)8-6-15/h5-11,14H,12-13H2,1-4H3/b21-10-. The molecule has 2 aromatic carbocycles. The smallest absolute Gasteiger partial charge is 0.293 e. The van der Waals surface area contributed by atoms with Crippen LogP contribution < -0.4 is 4.90 Å². The molecule has 0 radical (unpaired) electrons. The molecule has 0 aromatic heterocycles. The number of nitrogens with zero attached hydrogens (tertiary/aromatic N) is 2. The van der Waals surface area contributed by atoms with Gasteiger partial charge in [-0.1, -0.05) is 42.3 Å². The number of rotatable bonds is 3. The van der Waals surface area contributed by atoms with Crippen molar-refractivity contribution >= 4 is 57.9 Å². The number of carbonyl (C=O) groups is 2. The van der Waals surface area contributed by atoms with Crippen LogP contribution in [0.4, 0.5) is 10.5 Å². The third-order valence-corrected chi connectivity index (χ3v) is 7.65. The van der Waals surface area contributed by atoms with Crippen LogP contribution >= 0.6 is 35.0 Å². The summed E-state index contributed by atoms with van der Waals surface area (Å²) in [5, 5.41) is 0.901. The van der Waals surface area contributed by atoms with E-state index in [0.29, 0.717) is 20.9 Å². The third kappa shape index (κ3) is 4.23. The van der Waals surface area contributed by atoms with E-state index in [-0.39, 0.29) is 23.2 Å². The second kappa shape index (κ2) is 8.19. The summed E-state index contributed by atoms with van der Waals surface area (Å²) >= 11 is 13.5. The van der Waals surface area contributed by atoms with Crippen LogP contribution in [0.15, 0.2) is 41.3 Å². The van der Waals surface area contributed by atoms with Crippen molar-refractivity contribution in [3.05, 3.63) is 68.0 Å². The summed E-state index contributed by atoms with van der Waals surface area (Å²) in [4.78, 5) is 29.3. The molecule has 162 valence electrons. The Morgan fingerprint density at radius 3 is 2.52 bits per heavy atom. The van der Waals surface area contributed by atoms with Gasteiger partial charge in [-0.05, 0) is 85.0 Å². The van der Waals surface area contributed by atoms with E-state index in [0.717, 1.165) is 35.0 Å². The highest BCUT2D eigenvalue weighted by atomic mass is 35.5. The monoisotopic (exact) mass is 474 g/mol. The van der Waals surface area contributed by atoms with Crippen molar-refractivity contribution in [1.29, 1.82) is 0 Å². The van der Waals surface area contributed by atoms with E-state index in [9.17, 15) is 9.59 Å². The molecule has 2 heterocycles. The number of fused-ring (bicyclic) bond motifs is 1. The number of hydrogen-bond acceptors (Lipinski definition) is 4. The van der Waals surface area contributed by atoms with Gasteiger partial charge in [0.05, 0.1) is 11.4 Å². The Kier molecular flexibility index (Phi) is 5.88. The first-order valence-electron chi connectivity index (χ1n) is 10.1. The molecular formula is C24H24Cl2N2O2S. The molecule has 0 saturated carbocycles. The Balaban J connectivity index is 1.63. The number of amides is 2. The molecular weight excluding hydrogens is 451 g/mol. The van der Waals surface area contributed by atoms with Gasteiger partial charge in [-0.2, -0.15) is 0 Å². The van der Waals surface area contributed by atoms with Crippen LogP contribution in [0.1, 0.15) is 49.8 Å². The summed E-state index contributed by atoms with van der Waals surface area (Å²) in [7, 11) is 2.09. The van der Waals surface area contributed by atoms with Gasteiger partial charge in [-0.25, -0.2) is 0 Å². The Morgan fingerprint density at radius 1 is 1.16 bits per heavy atom. The number of halogens is 2. The van der Waals surface area contributed by atoms with E-state index in [4.69, 9.17) is 23.2 Å². The van der Waals surface area contributed by atoms with Crippen molar-refractivity contribution in [2.45, 2.75) is 45.2 Å². The van der Waals surface area contributed by atoms with Gasteiger partial charge in [0.2, 0.25) is 0 Å². The molecule has 2 aliphatic heterocycles. The number of carbonyl (C=O) groups excluding carboxylic acids is 2. The highest BCUT2D eigenvalue weighted by Gasteiger charge is 2.37. The minimum Gasteiger partial charge on any atom is -0.369 e. The molecule has 7 heteroatoms. The molecule has 2 amide bonds. The van der Waals surface area contributed by atoms with Gasteiger partial charge >= 0.3 is 0 Å². The fourth-order valence-corrected chi connectivity index (χ4v) is 5.43. The van der Waals surface area contributed by atoms with Crippen LogP contribution in [0.3, 0.4) is 0 Å². The number of benzene rings is 2. The van der Waals surface area contributed by atoms with Crippen molar-refractivity contribution in [2.24, 2.45) is 0 Å². The van der Waals surface area contributed by atoms with Gasteiger partial charge < -0.3 is 4.90 Å². The summed E-state index contributed by atoms with van der Waals surface area (Å²) in [5.41, 5.74) is 3.97. The van der Waals surface area contributed by atoms with Gasteiger partial charge in [0, 0.05) is 28.3 Å².